The van der Waals surface area contributed by atoms with Crippen molar-refractivity contribution in [1.29, 1.82) is 0 Å². The quantitative estimate of drug-likeness (QED) is 0.867. The van der Waals surface area contributed by atoms with Crippen LogP contribution in [0.1, 0.15) is 5.69 Å². The van der Waals surface area contributed by atoms with Crippen molar-refractivity contribution in [3.05, 3.63) is 34.6 Å². The maximum absolute atomic E-state index is 4.41. The zero-order valence-corrected chi connectivity index (χ0v) is 8.87. The molecule has 13 heavy (non-hydrogen) atoms. The SMILES string of the molecule is CNCc1nn2ccccc2c1Br. The van der Waals surface area contributed by atoms with Gasteiger partial charge in [-0.2, -0.15) is 5.10 Å². The highest BCUT2D eigenvalue weighted by Crippen LogP contribution is 2.21. The van der Waals surface area contributed by atoms with E-state index in [-0.39, 0.29) is 0 Å². The van der Waals surface area contributed by atoms with Crippen LogP contribution in [0.15, 0.2) is 28.9 Å². The third-order valence-electron chi connectivity index (χ3n) is 1.89. The summed E-state index contributed by atoms with van der Waals surface area (Å²) in [7, 11) is 1.91. The number of fused-ring (bicyclic) bond motifs is 1. The Kier molecular flexibility index (Phi) is 2.33. The summed E-state index contributed by atoms with van der Waals surface area (Å²) < 4.78 is 2.94. The number of aromatic nitrogens is 2. The predicted molar refractivity (Wildman–Crippen MR) is 55.7 cm³/mol. The Morgan fingerprint density at radius 2 is 2.38 bits per heavy atom. The summed E-state index contributed by atoms with van der Waals surface area (Å²) in [6.45, 7) is 0.780. The summed E-state index contributed by atoms with van der Waals surface area (Å²) in [5.41, 5.74) is 2.14. The Morgan fingerprint density at radius 1 is 1.54 bits per heavy atom. The van der Waals surface area contributed by atoms with E-state index in [0.717, 1.165) is 22.2 Å². The van der Waals surface area contributed by atoms with E-state index in [9.17, 15) is 0 Å². The second kappa shape index (κ2) is 3.47. The lowest BCUT2D eigenvalue weighted by Crippen LogP contribution is -2.06. The van der Waals surface area contributed by atoms with Crippen molar-refractivity contribution in [3.8, 4) is 0 Å². The molecule has 0 amide bonds. The summed E-state index contributed by atoms with van der Waals surface area (Å²) in [5, 5.41) is 7.49. The van der Waals surface area contributed by atoms with E-state index >= 15 is 0 Å². The molecule has 0 fully saturated rings. The van der Waals surface area contributed by atoms with Crippen molar-refractivity contribution in [2.45, 2.75) is 6.54 Å². The predicted octanol–water partition coefficient (Wildman–Crippen LogP) is 1.82. The van der Waals surface area contributed by atoms with Gasteiger partial charge >= 0.3 is 0 Å². The molecule has 2 rings (SSSR count). The highest BCUT2D eigenvalue weighted by molar-refractivity contribution is 9.10. The van der Waals surface area contributed by atoms with Crippen LogP contribution >= 0.6 is 15.9 Å². The number of halogens is 1. The van der Waals surface area contributed by atoms with Gasteiger partial charge in [0.25, 0.3) is 0 Å². The molecule has 0 spiro atoms. The van der Waals surface area contributed by atoms with E-state index in [2.05, 4.69) is 26.3 Å². The summed E-state index contributed by atoms with van der Waals surface area (Å²) >= 11 is 3.53. The third kappa shape index (κ3) is 1.47. The number of nitrogens with one attached hydrogen (secondary N) is 1. The maximum Gasteiger partial charge on any atom is 0.0914 e. The average molecular weight is 240 g/mol. The van der Waals surface area contributed by atoms with Crippen LogP contribution in [0.3, 0.4) is 0 Å². The van der Waals surface area contributed by atoms with Crippen molar-refractivity contribution in [1.82, 2.24) is 14.9 Å². The van der Waals surface area contributed by atoms with Crippen LogP contribution in [0, 0.1) is 0 Å². The fourth-order valence-corrected chi connectivity index (χ4v) is 1.83. The number of nitrogens with zero attached hydrogens (tertiary/aromatic N) is 2. The highest BCUT2D eigenvalue weighted by Gasteiger charge is 2.07. The summed E-state index contributed by atoms with van der Waals surface area (Å²) in [4.78, 5) is 0. The molecule has 68 valence electrons. The first kappa shape index (κ1) is 8.72. The molecule has 0 aliphatic rings. The third-order valence-corrected chi connectivity index (χ3v) is 2.75. The van der Waals surface area contributed by atoms with Crippen molar-refractivity contribution in [2.24, 2.45) is 0 Å². The van der Waals surface area contributed by atoms with Gasteiger partial charge < -0.3 is 5.32 Å². The monoisotopic (exact) mass is 239 g/mol. The standard InChI is InChI=1S/C9H10BrN3/c1-11-6-7-9(10)8-4-2-3-5-13(8)12-7/h2-5,11H,6H2,1H3. The van der Waals surface area contributed by atoms with Gasteiger partial charge in [0.1, 0.15) is 0 Å². The number of hydrogen-bond donors (Lipinski definition) is 1. The zero-order chi connectivity index (χ0) is 9.26. The lowest BCUT2D eigenvalue weighted by molar-refractivity contribution is 0.768. The van der Waals surface area contributed by atoms with E-state index in [1.165, 1.54) is 0 Å². The van der Waals surface area contributed by atoms with Gasteiger partial charge in [0, 0.05) is 12.7 Å². The Labute approximate surface area is 84.9 Å². The van der Waals surface area contributed by atoms with Gasteiger partial charge in [0.15, 0.2) is 0 Å². The lowest BCUT2D eigenvalue weighted by atomic mass is 10.3. The molecule has 0 aliphatic carbocycles. The van der Waals surface area contributed by atoms with Gasteiger partial charge in [-0.25, -0.2) is 4.52 Å². The first-order valence-corrected chi connectivity index (χ1v) is 4.88. The van der Waals surface area contributed by atoms with E-state index < -0.39 is 0 Å². The molecule has 0 unspecified atom stereocenters. The summed E-state index contributed by atoms with van der Waals surface area (Å²) in [5.74, 6) is 0. The minimum Gasteiger partial charge on any atom is -0.314 e. The largest absolute Gasteiger partial charge is 0.314 e. The normalized spacial score (nSPS) is 10.9. The van der Waals surface area contributed by atoms with Crippen LogP contribution in [0.4, 0.5) is 0 Å². The molecule has 0 saturated carbocycles. The molecule has 0 radical (unpaired) electrons. The maximum atomic E-state index is 4.41. The molecule has 2 aromatic rings. The van der Waals surface area contributed by atoms with Gasteiger partial charge in [-0.15, -0.1) is 0 Å². The average Bonchev–Trinajstić information content (AvgIpc) is 2.46. The molecule has 0 aliphatic heterocycles. The van der Waals surface area contributed by atoms with Crippen molar-refractivity contribution >= 4 is 21.4 Å². The Balaban J connectivity index is 2.60. The molecular weight excluding hydrogens is 230 g/mol. The minimum atomic E-state index is 0.780. The Bertz CT molecular complexity index is 422. The first-order valence-electron chi connectivity index (χ1n) is 4.09. The van der Waals surface area contributed by atoms with Crippen molar-refractivity contribution < 1.29 is 0 Å². The highest BCUT2D eigenvalue weighted by atomic mass is 79.9. The topological polar surface area (TPSA) is 29.3 Å². The van der Waals surface area contributed by atoms with Crippen LogP contribution in [-0.2, 0) is 6.54 Å². The van der Waals surface area contributed by atoms with Crippen LogP contribution in [0.25, 0.3) is 5.52 Å². The molecule has 1 N–H and O–H groups in total. The molecule has 0 atom stereocenters. The molecule has 0 saturated heterocycles. The van der Waals surface area contributed by atoms with Gasteiger partial charge in [-0.3, -0.25) is 0 Å². The second-order valence-electron chi connectivity index (χ2n) is 2.82. The van der Waals surface area contributed by atoms with Crippen LogP contribution in [-0.4, -0.2) is 16.7 Å². The lowest BCUT2D eigenvalue weighted by Gasteiger charge is -1.92. The Hall–Kier alpha value is -0.870. The van der Waals surface area contributed by atoms with Gasteiger partial charge in [-0.05, 0) is 35.1 Å². The molecule has 2 heterocycles. The van der Waals surface area contributed by atoms with Gasteiger partial charge in [0.05, 0.1) is 15.7 Å². The summed E-state index contributed by atoms with van der Waals surface area (Å²) in [6, 6.07) is 6.01. The fourth-order valence-electron chi connectivity index (χ4n) is 1.30. The number of pyridine rings is 1. The molecule has 0 bridgehead atoms. The summed E-state index contributed by atoms with van der Waals surface area (Å²) in [6.07, 6.45) is 1.94. The molecular formula is C9H10BrN3. The van der Waals surface area contributed by atoms with Crippen molar-refractivity contribution in [3.63, 3.8) is 0 Å². The van der Waals surface area contributed by atoms with Gasteiger partial charge in [0.2, 0.25) is 0 Å². The van der Waals surface area contributed by atoms with Crippen LogP contribution in [0.2, 0.25) is 0 Å². The van der Waals surface area contributed by atoms with Gasteiger partial charge in [-0.1, -0.05) is 6.07 Å². The number of rotatable bonds is 2. The molecule has 2 aromatic heterocycles. The van der Waals surface area contributed by atoms with E-state index in [1.54, 1.807) is 0 Å². The minimum absolute atomic E-state index is 0.780. The first-order chi connectivity index (χ1) is 6.33. The molecule has 0 aromatic carbocycles. The van der Waals surface area contributed by atoms with Crippen molar-refractivity contribution in [2.75, 3.05) is 7.05 Å². The smallest absolute Gasteiger partial charge is 0.0914 e. The van der Waals surface area contributed by atoms with E-state index in [0.29, 0.717) is 0 Å². The van der Waals surface area contributed by atoms with E-state index in [4.69, 9.17) is 0 Å². The fraction of sp³-hybridized carbons (Fsp3) is 0.222. The van der Waals surface area contributed by atoms with Crippen LogP contribution in [0.5, 0.6) is 0 Å². The second-order valence-corrected chi connectivity index (χ2v) is 3.61. The van der Waals surface area contributed by atoms with E-state index in [1.807, 2.05) is 36.0 Å². The number of hydrogen-bond acceptors (Lipinski definition) is 2. The molecule has 3 nitrogen and oxygen atoms in total. The van der Waals surface area contributed by atoms with Crippen LogP contribution < -0.4 is 5.32 Å². The molecule has 4 heteroatoms. The Morgan fingerprint density at radius 3 is 3.08 bits per heavy atom. The zero-order valence-electron chi connectivity index (χ0n) is 7.29.